The molecule has 0 saturated carbocycles. The van der Waals surface area contributed by atoms with Crippen LogP contribution in [0.1, 0.15) is 52.0 Å². The van der Waals surface area contributed by atoms with Gasteiger partial charge in [-0.15, -0.1) is 0 Å². The second kappa shape index (κ2) is 11.1. The Bertz CT molecular complexity index is 1170. The number of amides is 3. The van der Waals surface area contributed by atoms with Gasteiger partial charge in [-0.2, -0.15) is 0 Å². The number of rotatable bonds is 6. The average molecular weight is 522 g/mol. The highest BCUT2D eigenvalue weighted by Gasteiger charge is 2.54. The summed E-state index contributed by atoms with van der Waals surface area (Å²) in [4.78, 5) is 43.8. The SMILES string of the molecule is COc1cccc(C(=O)N2CCC3(CC2)OC[C@H](C(=O)NC[C@H]2CCCO2)N3C(=O)c2ccc(C)cc2)c1. The van der Waals surface area contributed by atoms with Gasteiger partial charge >= 0.3 is 0 Å². The minimum Gasteiger partial charge on any atom is -0.497 e. The summed E-state index contributed by atoms with van der Waals surface area (Å²) in [6.45, 7) is 4.00. The summed E-state index contributed by atoms with van der Waals surface area (Å²) in [6, 6.07) is 13.7. The van der Waals surface area contributed by atoms with Crippen LogP contribution < -0.4 is 10.1 Å². The highest BCUT2D eigenvalue weighted by Crippen LogP contribution is 2.39. The number of nitrogens with zero attached hydrogens (tertiary/aromatic N) is 2. The summed E-state index contributed by atoms with van der Waals surface area (Å²) in [5.74, 6) is 0.0364. The fourth-order valence-electron chi connectivity index (χ4n) is 5.54. The molecule has 202 valence electrons. The average Bonchev–Trinajstić information content (AvgIpc) is 3.60. The molecular weight excluding hydrogens is 486 g/mol. The van der Waals surface area contributed by atoms with Crippen LogP contribution in [0.4, 0.5) is 0 Å². The highest BCUT2D eigenvalue weighted by atomic mass is 16.5. The minimum atomic E-state index is -0.959. The summed E-state index contributed by atoms with van der Waals surface area (Å²) in [5, 5.41) is 2.98. The number of benzene rings is 2. The Morgan fingerprint density at radius 2 is 1.82 bits per heavy atom. The normalized spacial score (nSPS) is 22.5. The van der Waals surface area contributed by atoms with Crippen molar-refractivity contribution in [1.29, 1.82) is 0 Å². The number of hydrogen-bond acceptors (Lipinski definition) is 6. The summed E-state index contributed by atoms with van der Waals surface area (Å²) in [6.07, 6.45) is 2.72. The number of piperidine rings is 1. The molecule has 9 nitrogen and oxygen atoms in total. The van der Waals surface area contributed by atoms with E-state index in [1.54, 1.807) is 53.3 Å². The number of hydrogen-bond donors (Lipinski definition) is 1. The van der Waals surface area contributed by atoms with Crippen LogP contribution in [0.25, 0.3) is 0 Å². The highest BCUT2D eigenvalue weighted by molar-refractivity contribution is 5.98. The largest absolute Gasteiger partial charge is 0.497 e. The molecule has 2 atom stereocenters. The van der Waals surface area contributed by atoms with Crippen molar-refractivity contribution in [3.63, 3.8) is 0 Å². The lowest BCUT2D eigenvalue weighted by Crippen LogP contribution is -2.60. The van der Waals surface area contributed by atoms with E-state index in [0.717, 1.165) is 18.4 Å². The molecule has 0 radical (unpaired) electrons. The van der Waals surface area contributed by atoms with Crippen molar-refractivity contribution >= 4 is 17.7 Å². The quantitative estimate of drug-likeness (QED) is 0.628. The molecule has 3 heterocycles. The van der Waals surface area contributed by atoms with Crippen molar-refractivity contribution in [3.05, 3.63) is 65.2 Å². The molecule has 0 unspecified atom stereocenters. The van der Waals surface area contributed by atoms with Crippen LogP contribution >= 0.6 is 0 Å². The first kappa shape index (κ1) is 26.2. The standard InChI is InChI=1S/C29H35N3O6/c1-20-8-10-21(11-9-20)28(35)32-25(26(33)30-18-24-7-4-16-37-24)19-38-29(32)12-14-31(15-13-29)27(34)22-5-3-6-23(17-22)36-2/h3,5-6,8-11,17,24-25H,4,7,12-16,18-19H2,1-2H3,(H,30,33)/t24-,25-/m1/s1. The van der Waals surface area contributed by atoms with Crippen molar-refractivity contribution < 1.29 is 28.6 Å². The van der Waals surface area contributed by atoms with Crippen LogP contribution in [-0.2, 0) is 14.3 Å². The molecule has 38 heavy (non-hydrogen) atoms. The van der Waals surface area contributed by atoms with E-state index in [2.05, 4.69) is 5.32 Å². The number of aryl methyl sites for hydroxylation is 1. The fourth-order valence-corrected chi connectivity index (χ4v) is 5.54. The van der Waals surface area contributed by atoms with Gasteiger partial charge in [-0.25, -0.2) is 0 Å². The van der Waals surface area contributed by atoms with Crippen LogP contribution in [-0.4, -0.2) is 85.3 Å². The van der Waals surface area contributed by atoms with Crippen LogP contribution in [0.5, 0.6) is 5.75 Å². The van der Waals surface area contributed by atoms with Gasteiger partial charge in [0.25, 0.3) is 11.8 Å². The second-order valence-corrected chi connectivity index (χ2v) is 10.2. The van der Waals surface area contributed by atoms with E-state index >= 15 is 0 Å². The lowest BCUT2D eigenvalue weighted by Gasteiger charge is -2.44. The molecule has 2 aromatic carbocycles. The summed E-state index contributed by atoms with van der Waals surface area (Å²) in [5.41, 5.74) is 1.14. The van der Waals surface area contributed by atoms with Crippen LogP contribution in [0.2, 0.25) is 0 Å². The summed E-state index contributed by atoms with van der Waals surface area (Å²) >= 11 is 0. The zero-order chi connectivity index (χ0) is 26.7. The topological polar surface area (TPSA) is 97.4 Å². The molecule has 3 aliphatic heterocycles. The van der Waals surface area contributed by atoms with E-state index in [4.69, 9.17) is 14.2 Å². The predicted molar refractivity (Wildman–Crippen MR) is 140 cm³/mol. The van der Waals surface area contributed by atoms with Gasteiger partial charge in [-0.1, -0.05) is 23.8 Å². The molecule has 3 amide bonds. The zero-order valence-electron chi connectivity index (χ0n) is 22.0. The van der Waals surface area contributed by atoms with Gasteiger partial charge in [0.1, 0.15) is 17.5 Å². The third-order valence-electron chi connectivity index (χ3n) is 7.76. The molecule has 5 rings (SSSR count). The van der Waals surface area contributed by atoms with Gasteiger partial charge in [0, 0.05) is 50.2 Å². The Balaban J connectivity index is 1.34. The fraction of sp³-hybridized carbons (Fsp3) is 0.483. The van der Waals surface area contributed by atoms with Gasteiger partial charge in [0.2, 0.25) is 5.91 Å². The van der Waals surface area contributed by atoms with E-state index in [1.165, 1.54) is 0 Å². The third-order valence-corrected chi connectivity index (χ3v) is 7.76. The number of carbonyl (C=O) groups is 3. The van der Waals surface area contributed by atoms with E-state index in [-0.39, 0.29) is 30.4 Å². The molecular formula is C29H35N3O6. The van der Waals surface area contributed by atoms with Gasteiger partial charge in [0.05, 0.1) is 19.8 Å². The molecule has 1 spiro atoms. The van der Waals surface area contributed by atoms with Gasteiger partial charge < -0.3 is 24.4 Å². The predicted octanol–water partition coefficient (Wildman–Crippen LogP) is 2.77. The summed E-state index contributed by atoms with van der Waals surface area (Å²) < 4.78 is 17.2. The van der Waals surface area contributed by atoms with Crippen LogP contribution in [0.3, 0.4) is 0 Å². The number of nitrogens with one attached hydrogen (secondary N) is 1. The van der Waals surface area contributed by atoms with Gasteiger partial charge in [0.15, 0.2) is 0 Å². The Morgan fingerprint density at radius 1 is 1.05 bits per heavy atom. The summed E-state index contributed by atoms with van der Waals surface area (Å²) in [7, 11) is 1.57. The first-order valence-corrected chi connectivity index (χ1v) is 13.3. The molecule has 9 heteroatoms. The number of likely N-dealkylation sites (tertiary alicyclic amines) is 1. The van der Waals surface area contributed by atoms with Crippen molar-refractivity contribution in [3.8, 4) is 5.75 Å². The molecule has 1 N–H and O–H groups in total. The number of methoxy groups -OCH3 is 1. The van der Waals surface area contributed by atoms with E-state index in [9.17, 15) is 14.4 Å². The van der Waals surface area contributed by atoms with Gasteiger partial charge in [-0.05, 0) is 50.1 Å². The van der Waals surface area contributed by atoms with Gasteiger partial charge in [-0.3, -0.25) is 19.3 Å². The molecule has 3 saturated heterocycles. The molecule has 2 aromatic rings. The molecule has 0 bridgehead atoms. The lowest BCUT2D eigenvalue weighted by molar-refractivity contribution is -0.128. The van der Waals surface area contributed by atoms with Crippen molar-refractivity contribution in [2.45, 2.75) is 50.5 Å². The number of carbonyl (C=O) groups excluding carboxylic acids is 3. The molecule has 3 fully saturated rings. The van der Waals surface area contributed by atoms with Crippen molar-refractivity contribution in [2.75, 3.05) is 40.0 Å². The Morgan fingerprint density at radius 3 is 2.50 bits per heavy atom. The first-order valence-electron chi connectivity index (χ1n) is 13.3. The van der Waals surface area contributed by atoms with E-state index < -0.39 is 11.8 Å². The monoisotopic (exact) mass is 521 g/mol. The number of ether oxygens (including phenoxy) is 3. The lowest BCUT2D eigenvalue weighted by atomic mass is 9.96. The van der Waals surface area contributed by atoms with E-state index in [1.807, 2.05) is 19.1 Å². The maximum absolute atomic E-state index is 13.9. The Kier molecular flexibility index (Phi) is 7.67. The maximum Gasteiger partial charge on any atom is 0.256 e. The smallest absolute Gasteiger partial charge is 0.256 e. The molecule has 0 aliphatic carbocycles. The zero-order valence-corrected chi connectivity index (χ0v) is 22.0. The second-order valence-electron chi connectivity index (χ2n) is 10.2. The van der Waals surface area contributed by atoms with Crippen LogP contribution in [0, 0.1) is 6.92 Å². The maximum atomic E-state index is 13.9. The van der Waals surface area contributed by atoms with Crippen molar-refractivity contribution in [2.24, 2.45) is 0 Å². The third kappa shape index (κ3) is 5.26. The Labute approximate surface area is 223 Å². The molecule has 3 aliphatic rings. The Hall–Kier alpha value is -3.43. The van der Waals surface area contributed by atoms with Crippen molar-refractivity contribution in [1.82, 2.24) is 15.1 Å². The first-order chi connectivity index (χ1) is 18.4. The minimum absolute atomic E-state index is 0.00217. The van der Waals surface area contributed by atoms with E-state index in [0.29, 0.717) is 56.0 Å². The van der Waals surface area contributed by atoms with Crippen LogP contribution in [0.15, 0.2) is 48.5 Å². The molecule has 0 aromatic heterocycles.